The van der Waals surface area contributed by atoms with Gasteiger partial charge in [-0.3, -0.25) is 9.69 Å². The van der Waals surface area contributed by atoms with Crippen LogP contribution in [0.25, 0.3) is 0 Å². The van der Waals surface area contributed by atoms with E-state index in [2.05, 4.69) is 5.32 Å². The van der Waals surface area contributed by atoms with Gasteiger partial charge in [0.1, 0.15) is 5.54 Å². The molecular weight excluding hydrogens is 232 g/mol. The zero-order chi connectivity index (χ0) is 12.6. The SMILES string of the molecule is O=C1NC2(CCOCC2)C(=O)N1C1CCCCC1. The van der Waals surface area contributed by atoms with Crippen LogP contribution in [0.2, 0.25) is 0 Å². The van der Waals surface area contributed by atoms with E-state index in [4.69, 9.17) is 4.74 Å². The lowest BCUT2D eigenvalue weighted by atomic mass is 9.88. The molecule has 0 aromatic carbocycles. The quantitative estimate of drug-likeness (QED) is 0.718. The van der Waals surface area contributed by atoms with Crippen molar-refractivity contribution in [3.05, 3.63) is 0 Å². The number of urea groups is 1. The molecule has 2 aliphatic heterocycles. The lowest BCUT2D eigenvalue weighted by molar-refractivity contribution is -0.136. The van der Waals surface area contributed by atoms with Crippen molar-refractivity contribution in [2.24, 2.45) is 0 Å². The van der Waals surface area contributed by atoms with E-state index >= 15 is 0 Å². The summed E-state index contributed by atoms with van der Waals surface area (Å²) in [7, 11) is 0. The summed E-state index contributed by atoms with van der Waals surface area (Å²) in [6.45, 7) is 1.12. The monoisotopic (exact) mass is 252 g/mol. The van der Waals surface area contributed by atoms with Gasteiger partial charge in [0, 0.05) is 32.1 Å². The van der Waals surface area contributed by atoms with E-state index in [1.165, 1.54) is 11.3 Å². The maximum atomic E-state index is 12.6. The van der Waals surface area contributed by atoms with E-state index in [0.29, 0.717) is 26.1 Å². The minimum atomic E-state index is -0.660. The first-order chi connectivity index (χ1) is 8.73. The van der Waals surface area contributed by atoms with Gasteiger partial charge in [-0.15, -0.1) is 0 Å². The van der Waals surface area contributed by atoms with E-state index in [1.807, 2.05) is 0 Å². The highest BCUT2D eigenvalue weighted by Gasteiger charge is 2.53. The molecule has 1 spiro atoms. The molecule has 1 saturated carbocycles. The first-order valence-electron chi connectivity index (χ1n) is 6.96. The van der Waals surface area contributed by atoms with Crippen molar-refractivity contribution in [1.29, 1.82) is 0 Å². The first kappa shape index (κ1) is 12.0. The molecule has 0 aromatic heterocycles. The van der Waals surface area contributed by atoms with Crippen LogP contribution in [0.15, 0.2) is 0 Å². The van der Waals surface area contributed by atoms with E-state index in [9.17, 15) is 9.59 Å². The van der Waals surface area contributed by atoms with Crippen molar-refractivity contribution in [3.63, 3.8) is 0 Å². The number of nitrogens with zero attached hydrogens (tertiary/aromatic N) is 1. The Labute approximate surface area is 107 Å². The van der Waals surface area contributed by atoms with Gasteiger partial charge in [0.2, 0.25) is 0 Å². The summed E-state index contributed by atoms with van der Waals surface area (Å²) in [5, 5.41) is 2.92. The second kappa shape index (κ2) is 4.53. The molecule has 3 amide bonds. The molecule has 0 unspecified atom stereocenters. The van der Waals surface area contributed by atoms with Crippen LogP contribution in [0, 0.1) is 0 Å². The Bertz CT molecular complexity index is 357. The topological polar surface area (TPSA) is 58.6 Å². The molecule has 18 heavy (non-hydrogen) atoms. The van der Waals surface area contributed by atoms with Gasteiger partial charge in [-0.25, -0.2) is 4.79 Å². The standard InChI is InChI=1S/C13H20N2O3/c16-11-13(6-8-18-9-7-13)14-12(17)15(11)10-4-2-1-3-5-10/h10H,1-9H2,(H,14,17). The van der Waals surface area contributed by atoms with Crippen LogP contribution in [0.4, 0.5) is 4.79 Å². The zero-order valence-electron chi connectivity index (χ0n) is 10.6. The minimum Gasteiger partial charge on any atom is -0.381 e. The molecule has 0 radical (unpaired) electrons. The molecule has 5 heteroatoms. The van der Waals surface area contributed by atoms with Crippen molar-refractivity contribution in [3.8, 4) is 0 Å². The third-order valence-electron chi connectivity index (χ3n) is 4.48. The van der Waals surface area contributed by atoms with Gasteiger partial charge in [0.15, 0.2) is 0 Å². The van der Waals surface area contributed by atoms with Gasteiger partial charge >= 0.3 is 6.03 Å². The first-order valence-corrected chi connectivity index (χ1v) is 6.96. The Kier molecular flexibility index (Phi) is 3.01. The minimum absolute atomic E-state index is 0.0114. The highest BCUT2D eigenvalue weighted by molar-refractivity contribution is 6.07. The fourth-order valence-electron chi connectivity index (χ4n) is 3.37. The van der Waals surface area contributed by atoms with Crippen LogP contribution < -0.4 is 5.32 Å². The average molecular weight is 252 g/mol. The highest BCUT2D eigenvalue weighted by Crippen LogP contribution is 2.33. The largest absolute Gasteiger partial charge is 0.381 e. The summed E-state index contributed by atoms with van der Waals surface area (Å²) in [5.41, 5.74) is -0.660. The predicted octanol–water partition coefficient (Wildman–Crippen LogP) is 1.42. The lowest BCUT2D eigenvalue weighted by Crippen LogP contribution is -2.51. The van der Waals surface area contributed by atoms with Gasteiger partial charge < -0.3 is 10.1 Å². The summed E-state index contributed by atoms with van der Waals surface area (Å²) in [5.74, 6) is -0.0114. The van der Waals surface area contributed by atoms with E-state index in [-0.39, 0.29) is 18.0 Å². The Morgan fingerprint density at radius 3 is 2.44 bits per heavy atom. The van der Waals surface area contributed by atoms with Crippen molar-refractivity contribution in [2.45, 2.75) is 56.5 Å². The van der Waals surface area contributed by atoms with Crippen molar-refractivity contribution >= 4 is 11.9 Å². The van der Waals surface area contributed by atoms with E-state index < -0.39 is 5.54 Å². The number of hydrogen-bond acceptors (Lipinski definition) is 3. The van der Waals surface area contributed by atoms with Crippen LogP contribution >= 0.6 is 0 Å². The second-order valence-electron chi connectivity index (χ2n) is 5.59. The Morgan fingerprint density at radius 2 is 1.78 bits per heavy atom. The lowest BCUT2D eigenvalue weighted by Gasteiger charge is -2.32. The molecule has 1 N–H and O–H groups in total. The van der Waals surface area contributed by atoms with Gasteiger partial charge in [0.25, 0.3) is 5.91 Å². The number of amides is 3. The summed E-state index contributed by atoms with van der Waals surface area (Å²) < 4.78 is 5.30. The average Bonchev–Trinajstić information content (AvgIpc) is 2.63. The van der Waals surface area contributed by atoms with Gasteiger partial charge in [-0.05, 0) is 12.8 Å². The summed E-state index contributed by atoms with van der Waals surface area (Å²) >= 11 is 0. The van der Waals surface area contributed by atoms with Gasteiger partial charge in [-0.1, -0.05) is 19.3 Å². The summed E-state index contributed by atoms with van der Waals surface area (Å²) in [6.07, 6.45) is 6.62. The van der Waals surface area contributed by atoms with Crippen molar-refractivity contribution < 1.29 is 14.3 Å². The van der Waals surface area contributed by atoms with Crippen LogP contribution in [0.1, 0.15) is 44.9 Å². The molecule has 1 aliphatic carbocycles. The summed E-state index contributed by atoms with van der Waals surface area (Å²) in [4.78, 5) is 26.2. The number of nitrogens with one attached hydrogen (secondary N) is 1. The molecule has 3 aliphatic rings. The number of carbonyl (C=O) groups excluding carboxylic acids is 2. The number of ether oxygens (including phenoxy) is 1. The van der Waals surface area contributed by atoms with E-state index in [0.717, 1.165) is 25.7 Å². The molecular formula is C13H20N2O3. The molecule has 3 fully saturated rings. The Morgan fingerprint density at radius 1 is 1.11 bits per heavy atom. The van der Waals surface area contributed by atoms with Crippen molar-refractivity contribution in [2.75, 3.05) is 13.2 Å². The number of imide groups is 1. The zero-order valence-corrected chi connectivity index (χ0v) is 10.6. The third kappa shape index (κ3) is 1.81. The molecule has 3 rings (SSSR count). The van der Waals surface area contributed by atoms with Gasteiger partial charge in [-0.2, -0.15) is 0 Å². The number of hydrogen-bond donors (Lipinski definition) is 1. The Balaban J connectivity index is 1.79. The van der Waals surface area contributed by atoms with Gasteiger partial charge in [0.05, 0.1) is 0 Å². The normalized spacial score (nSPS) is 28.8. The highest BCUT2D eigenvalue weighted by atomic mass is 16.5. The molecule has 2 saturated heterocycles. The number of carbonyl (C=O) groups is 2. The Hall–Kier alpha value is -1.10. The van der Waals surface area contributed by atoms with Crippen LogP contribution in [0.5, 0.6) is 0 Å². The van der Waals surface area contributed by atoms with Crippen molar-refractivity contribution in [1.82, 2.24) is 10.2 Å². The third-order valence-corrected chi connectivity index (χ3v) is 4.48. The summed E-state index contributed by atoms with van der Waals surface area (Å²) in [6, 6.07) is -0.0673. The van der Waals surface area contributed by atoms with Crippen LogP contribution in [0.3, 0.4) is 0 Å². The maximum Gasteiger partial charge on any atom is 0.325 e. The van der Waals surface area contributed by atoms with Crippen LogP contribution in [-0.4, -0.2) is 41.6 Å². The molecule has 0 aromatic rings. The molecule has 100 valence electrons. The fraction of sp³-hybridized carbons (Fsp3) is 0.846. The van der Waals surface area contributed by atoms with E-state index in [1.54, 1.807) is 0 Å². The second-order valence-corrected chi connectivity index (χ2v) is 5.59. The predicted molar refractivity (Wildman–Crippen MR) is 65.0 cm³/mol. The molecule has 2 heterocycles. The molecule has 0 bridgehead atoms. The number of rotatable bonds is 1. The fourth-order valence-corrected chi connectivity index (χ4v) is 3.37. The maximum absolute atomic E-state index is 12.6. The molecule has 0 atom stereocenters. The smallest absolute Gasteiger partial charge is 0.325 e. The molecule has 5 nitrogen and oxygen atoms in total. The van der Waals surface area contributed by atoms with Crippen LogP contribution in [-0.2, 0) is 9.53 Å².